The van der Waals surface area contributed by atoms with Crippen molar-refractivity contribution in [2.75, 3.05) is 6.54 Å². The van der Waals surface area contributed by atoms with E-state index >= 15 is 0 Å². The minimum Gasteiger partial charge on any atom is -0.339 e. The monoisotopic (exact) mass is 314 g/mol. The van der Waals surface area contributed by atoms with Crippen LogP contribution in [-0.4, -0.2) is 28.4 Å². The summed E-state index contributed by atoms with van der Waals surface area (Å²) < 4.78 is 0. The van der Waals surface area contributed by atoms with Crippen LogP contribution in [0.15, 0.2) is 35.8 Å². The van der Waals surface area contributed by atoms with Crippen LogP contribution in [0, 0.1) is 6.92 Å². The van der Waals surface area contributed by atoms with E-state index < -0.39 is 0 Å². The van der Waals surface area contributed by atoms with Crippen molar-refractivity contribution in [2.45, 2.75) is 45.1 Å². The Morgan fingerprint density at radius 2 is 2.36 bits per heavy atom. The molecule has 3 heterocycles. The van der Waals surface area contributed by atoms with Crippen molar-refractivity contribution >= 4 is 17.2 Å². The first-order valence-electron chi connectivity index (χ1n) is 7.96. The van der Waals surface area contributed by atoms with E-state index in [1.807, 2.05) is 30.6 Å². The molecule has 0 N–H and O–H groups in total. The predicted molar refractivity (Wildman–Crippen MR) is 90.1 cm³/mol. The second-order valence-corrected chi connectivity index (χ2v) is 7.02. The maximum Gasteiger partial charge on any atom is 0.228 e. The van der Waals surface area contributed by atoms with Gasteiger partial charge in [0.25, 0.3) is 0 Å². The second-order valence-electron chi connectivity index (χ2n) is 5.98. The molecule has 22 heavy (non-hydrogen) atoms. The highest BCUT2D eigenvalue weighted by molar-refractivity contribution is 7.10. The fraction of sp³-hybridized carbons (Fsp3) is 0.444. The number of rotatable bonds is 5. The van der Waals surface area contributed by atoms with Crippen LogP contribution in [0.2, 0.25) is 0 Å². The number of thiophene rings is 1. The molecule has 1 amide bonds. The summed E-state index contributed by atoms with van der Waals surface area (Å²) in [5, 5.41) is 2.04. The summed E-state index contributed by atoms with van der Waals surface area (Å²) in [6, 6.07) is 8.70. The van der Waals surface area contributed by atoms with E-state index in [2.05, 4.69) is 22.0 Å². The molecule has 0 aromatic carbocycles. The Balaban J connectivity index is 1.57. The van der Waals surface area contributed by atoms with Crippen molar-refractivity contribution in [3.05, 3.63) is 52.0 Å². The van der Waals surface area contributed by atoms with E-state index in [4.69, 9.17) is 0 Å². The molecule has 1 aliphatic heterocycles. The van der Waals surface area contributed by atoms with Gasteiger partial charge in [-0.2, -0.15) is 0 Å². The van der Waals surface area contributed by atoms with E-state index in [1.54, 1.807) is 11.3 Å². The highest BCUT2D eigenvalue weighted by atomic mass is 32.1. The number of aryl methyl sites for hydroxylation is 2. The zero-order valence-corrected chi connectivity index (χ0v) is 13.8. The summed E-state index contributed by atoms with van der Waals surface area (Å²) in [5.41, 5.74) is 2.39. The third-order valence-corrected chi connectivity index (χ3v) is 5.21. The molecule has 1 saturated heterocycles. The number of hydrogen-bond acceptors (Lipinski definition) is 3. The molecule has 1 unspecified atom stereocenters. The molecule has 2 aromatic heterocycles. The maximum atomic E-state index is 12.5. The average Bonchev–Trinajstić information content (AvgIpc) is 3.16. The lowest BCUT2D eigenvalue weighted by Crippen LogP contribution is -2.36. The number of carbonyl (C=O) groups is 1. The summed E-state index contributed by atoms with van der Waals surface area (Å²) in [4.78, 5) is 20.0. The molecule has 2 aromatic rings. The van der Waals surface area contributed by atoms with Gasteiger partial charge in [-0.05, 0) is 61.7 Å². The molecule has 0 saturated carbocycles. The van der Waals surface area contributed by atoms with E-state index in [0.29, 0.717) is 12.5 Å². The number of likely N-dealkylation sites (tertiary alicyclic amines) is 1. The molecule has 4 heteroatoms. The summed E-state index contributed by atoms with van der Waals surface area (Å²) in [6.07, 6.45) is 6.79. The fourth-order valence-electron chi connectivity index (χ4n) is 3.22. The van der Waals surface area contributed by atoms with Crippen molar-refractivity contribution in [2.24, 2.45) is 0 Å². The highest BCUT2D eigenvalue weighted by Crippen LogP contribution is 2.23. The van der Waals surface area contributed by atoms with E-state index in [0.717, 1.165) is 37.9 Å². The molecular weight excluding hydrogens is 292 g/mol. The van der Waals surface area contributed by atoms with Crippen LogP contribution >= 0.6 is 11.3 Å². The van der Waals surface area contributed by atoms with Gasteiger partial charge >= 0.3 is 0 Å². The first-order valence-corrected chi connectivity index (χ1v) is 8.84. The Hall–Kier alpha value is -1.68. The van der Waals surface area contributed by atoms with Gasteiger partial charge in [0.15, 0.2) is 0 Å². The zero-order chi connectivity index (χ0) is 15.4. The lowest BCUT2D eigenvalue weighted by Gasteiger charge is -2.24. The predicted octanol–water partition coefficient (Wildman–Crippen LogP) is 3.62. The molecule has 1 fully saturated rings. The molecule has 3 rings (SSSR count). The maximum absolute atomic E-state index is 12.5. The van der Waals surface area contributed by atoms with Crippen LogP contribution in [0.3, 0.4) is 0 Å². The standard InChI is InChI=1S/C18H22N2OS/c1-14-12-15(8-9-19-14)6-7-16-4-2-10-20(16)18(21)13-17-5-3-11-22-17/h3,5,8-9,11-12,16H,2,4,6-7,10,13H2,1H3. The quantitative estimate of drug-likeness (QED) is 0.844. The van der Waals surface area contributed by atoms with Crippen LogP contribution in [-0.2, 0) is 17.6 Å². The fourth-order valence-corrected chi connectivity index (χ4v) is 3.92. The largest absolute Gasteiger partial charge is 0.339 e. The number of aromatic nitrogens is 1. The van der Waals surface area contributed by atoms with Gasteiger partial charge in [0.05, 0.1) is 6.42 Å². The first kappa shape index (κ1) is 15.2. The first-order chi connectivity index (χ1) is 10.7. The van der Waals surface area contributed by atoms with E-state index in [-0.39, 0.29) is 5.91 Å². The van der Waals surface area contributed by atoms with Crippen molar-refractivity contribution < 1.29 is 4.79 Å². The van der Waals surface area contributed by atoms with Crippen molar-refractivity contribution in [1.29, 1.82) is 0 Å². The minimum atomic E-state index is 0.288. The Morgan fingerprint density at radius 1 is 1.45 bits per heavy atom. The van der Waals surface area contributed by atoms with Gasteiger partial charge in [-0.1, -0.05) is 6.07 Å². The van der Waals surface area contributed by atoms with E-state index in [1.165, 1.54) is 10.4 Å². The lowest BCUT2D eigenvalue weighted by atomic mass is 10.0. The Labute approximate surface area is 136 Å². The third-order valence-electron chi connectivity index (χ3n) is 4.33. The Kier molecular flexibility index (Phi) is 4.88. The molecule has 0 bridgehead atoms. The van der Waals surface area contributed by atoms with Crippen molar-refractivity contribution in [3.8, 4) is 0 Å². The van der Waals surface area contributed by atoms with Gasteiger partial charge in [0.2, 0.25) is 5.91 Å². The molecule has 1 atom stereocenters. The van der Waals surface area contributed by atoms with Gasteiger partial charge in [0, 0.05) is 29.4 Å². The number of carbonyl (C=O) groups excluding carboxylic acids is 1. The van der Waals surface area contributed by atoms with Crippen LogP contribution in [0.5, 0.6) is 0 Å². The third kappa shape index (κ3) is 3.74. The molecule has 116 valence electrons. The lowest BCUT2D eigenvalue weighted by molar-refractivity contribution is -0.131. The molecule has 0 aliphatic carbocycles. The minimum absolute atomic E-state index is 0.288. The normalized spacial score (nSPS) is 17.9. The van der Waals surface area contributed by atoms with Gasteiger partial charge < -0.3 is 4.90 Å². The summed E-state index contributed by atoms with van der Waals surface area (Å²) in [7, 11) is 0. The zero-order valence-electron chi connectivity index (χ0n) is 13.0. The molecule has 0 spiro atoms. The van der Waals surface area contributed by atoms with Crippen LogP contribution in [0.1, 0.15) is 35.4 Å². The smallest absolute Gasteiger partial charge is 0.228 e. The SMILES string of the molecule is Cc1cc(CCC2CCCN2C(=O)Cc2cccs2)ccn1. The van der Waals surface area contributed by atoms with Gasteiger partial charge in [-0.3, -0.25) is 9.78 Å². The topological polar surface area (TPSA) is 33.2 Å². The molecular formula is C18H22N2OS. The molecule has 0 radical (unpaired) electrons. The summed E-state index contributed by atoms with van der Waals surface area (Å²) in [5.74, 6) is 0.288. The van der Waals surface area contributed by atoms with E-state index in [9.17, 15) is 4.79 Å². The summed E-state index contributed by atoms with van der Waals surface area (Å²) >= 11 is 1.67. The van der Waals surface area contributed by atoms with Crippen molar-refractivity contribution in [3.63, 3.8) is 0 Å². The molecule has 3 nitrogen and oxygen atoms in total. The second kappa shape index (κ2) is 7.05. The number of amides is 1. The van der Waals surface area contributed by atoms with Crippen LogP contribution in [0.4, 0.5) is 0 Å². The Morgan fingerprint density at radius 3 is 3.14 bits per heavy atom. The van der Waals surface area contributed by atoms with Crippen molar-refractivity contribution in [1.82, 2.24) is 9.88 Å². The van der Waals surface area contributed by atoms with Crippen LogP contribution in [0.25, 0.3) is 0 Å². The molecule has 1 aliphatic rings. The summed E-state index contributed by atoms with van der Waals surface area (Å²) in [6.45, 7) is 2.94. The van der Waals surface area contributed by atoms with Crippen LogP contribution < -0.4 is 0 Å². The Bertz CT molecular complexity index is 624. The van der Waals surface area contributed by atoms with Gasteiger partial charge in [-0.15, -0.1) is 11.3 Å². The highest BCUT2D eigenvalue weighted by Gasteiger charge is 2.28. The average molecular weight is 314 g/mol. The van der Waals surface area contributed by atoms with Gasteiger partial charge in [0.1, 0.15) is 0 Å². The van der Waals surface area contributed by atoms with Gasteiger partial charge in [-0.25, -0.2) is 0 Å². The number of nitrogens with zero attached hydrogens (tertiary/aromatic N) is 2. The number of hydrogen-bond donors (Lipinski definition) is 0. The number of pyridine rings is 1.